The van der Waals surface area contributed by atoms with Crippen LogP contribution in [-0.2, 0) is 18.4 Å². The Morgan fingerprint density at radius 2 is 0.973 bits per heavy atom. The van der Waals surface area contributed by atoms with Gasteiger partial charge in [0.25, 0.3) is 0 Å². The van der Waals surface area contributed by atoms with E-state index in [0.29, 0.717) is 64.2 Å². The van der Waals surface area contributed by atoms with Crippen molar-refractivity contribution in [1.82, 2.24) is 0 Å². The lowest BCUT2D eigenvalue weighted by Gasteiger charge is -2.48. The average Bonchev–Trinajstić information content (AvgIpc) is 1.43. The molecule has 2 N–H and O–H groups in total. The smallest absolute Gasteiger partial charge is 0.413 e. The molecule has 4 saturated carbocycles. The van der Waals surface area contributed by atoms with Crippen LogP contribution in [0, 0.1) is 69.0 Å². The summed E-state index contributed by atoms with van der Waals surface area (Å²) in [6.45, 7) is 2.85. The molecule has 4 unspecified atom stereocenters. The van der Waals surface area contributed by atoms with Crippen molar-refractivity contribution < 1.29 is 97.8 Å². The van der Waals surface area contributed by atoms with Gasteiger partial charge in [0.1, 0.15) is 11.6 Å². The fraction of sp³-hybridized carbons (Fsp3) is 0.889. The topological polar surface area (TPSA) is 93.1 Å². The Bertz CT molecular complexity index is 2460. The summed E-state index contributed by atoms with van der Waals surface area (Å²) < 4.78 is 270. The first-order valence-electron chi connectivity index (χ1n) is 31.1. The Kier molecular flexibility index (Phi) is 14.9. The van der Waals surface area contributed by atoms with E-state index in [-0.39, 0.29) is 55.0 Å². The van der Waals surface area contributed by atoms with Crippen molar-refractivity contribution >= 4 is 28.2 Å². The van der Waals surface area contributed by atoms with Crippen LogP contribution in [0.5, 0.6) is 0 Å². The van der Waals surface area contributed by atoms with Crippen LogP contribution in [0.25, 0.3) is 0 Å². The summed E-state index contributed by atoms with van der Waals surface area (Å²) in [6.07, 6.45) is -21.8. The van der Waals surface area contributed by atoms with Crippen LogP contribution < -0.4 is 0 Å². The molecule has 0 bridgehead atoms. The van der Waals surface area contributed by atoms with Crippen LogP contribution >= 0.6 is 0 Å². The van der Waals surface area contributed by atoms with Gasteiger partial charge in [-0.3, -0.25) is 9.59 Å². The van der Waals surface area contributed by atoms with E-state index in [2.05, 4.69) is 5.92 Å². The average molecular weight is 1130 g/mol. The van der Waals surface area contributed by atoms with Crippen LogP contribution in [-0.4, -0.2) is 85.5 Å². The maximum atomic E-state index is 14.3. The number of hydrogen-bond acceptors (Lipinski definition) is 6. The van der Waals surface area contributed by atoms with Crippen LogP contribution in [0.15, 0.2) is 0 Å². The maximum absolute atomic E-state index is 14.3. The first kappa shape index (κ1) is 49.0. The van der Waals surface area contributed by atoms with Crippen LogP contribution in [0.1, 0.15) is 187 Å². The lowest BCUT2D eigenvalue weighted by atomic mass is 9.56. The molecule has 0 aromatic carbocycles. The maximum Gasteiger partial charge on any atom is 0.438 e. The highest BCUT2D eigenvalue weighted by Crippen LogP contribution is 2.63. The second-order valence-corrected chi connectivity index (χ2v) is 33.3. The summed E-state index contributed by atoms with van der Waals surface area (Å²) in [4.78, 5) is 25.5. The first-order valence-corrected chi connectivity index (χ1v) is 31.9. The third-order valence-corrected chi connectivity index (χ3v) is 17.9. The molecule has 6 nitrogen and oxygen atoms in total. The monoisotopic (exact) mass is 1120 g/mol. The van der Waals surface area contributed by atoms with E-state index < -0.39 is 144 Å². The van der Waals surface area contributed by atoms with Crippen molar-refractivity contribution in [3.8, 4) is 23.7 Å². The summed E-state index contributed by atoms with van der Waals surface area (Å²) in [6, 6.07) is 0. The van der Waals surface area contributed by atoms with Gasteiger partial charge in [-0.05, 0) is 189 Å². The Hall–Kier alpha value is -2.11. The van der Waals surface area contributed by atoms with Gasteiger partial charge in [0.05, 0.1) is 11.2 Å². The van der Waals surface area contributed by atoms with Gasteiger partial charge in [-0.25, -0.2) is 0 Å². The Morgan fingerprint density at radius 3 is 1.32 bits per heavy atom. The number of fused-ring (bicyclic) bond motifs is 2. The van der Waals surface area contributed by atoms with Gasteiger partial charge in [0, 0.05) is 54.0 Å². The zero-order valence-corrected chi connectivity index (χ0v) is 46.1. The van der Waals surface area contributed by atoms with Crippen LogP contribution in [0.2, 0.25) is 39.3 Å². The third-order valence-electron chi connectivity index (χ3n) is 16.0. The highest BCUT2D eigenvalue weighted by Gasteiger charge is 2.73. The zero-order chi connectivity index (χ0) is 67.4. The second kappa shape index (κ2) is 22.6. The molecule has 0 aromatic rings. The predicted molar refractivity (Wildman–Crippen MR) is 266 cm³/mol. The Labute approximate surface area is 451 Å². The number of halogens is 12. The Balaban J connectivity index is 0.000000458. The van der Waals surface area contributed by atoms with E-state index in [4.69, 9.17) is 25.3 Å². The van der Waals surface area contributed by atoms with E-state index >= 15 is 0 Å². The predicted octanol–water partition coefficient (Wildman–Crippen LogP) is 15.7. The normalized spacial score (nSPS) is 30.4. The van der Waals surface area contributed by atoms with Crippen molar-refractivity contribution in [3.05, 3.63) is 0 Å². The zero-order valence-electron chi connectivity index (χ0n) is 56.1. The summed E-state index contributed by atoms with van der Waals surface area (Å²) in [5.41, 5.74) is -19.2. The van der Waals surface area contributed by atoms with Gasteiger partial charge in [-0.15, -0.1) is 0 Å². The number of ketones is 2. The third kappa shape index (κ3) is 15.6. The molecule has 0 spiro atoms. The molecule has 428 valence electrons. The largest absolute Gasteiger partial charge is 0.438 e. The van der Waals surface area contributed by atoms with Gasteiger partial charge < -0.3 is 19.1 Å². The number of Topliss-reactive ketones (excluding diaryl/α,β-unsaturated/α-hetero) is 2. The molecule has 4 aliphatic rings. The SMILES string of the molecule is [2H]C([2H])([2H])C(CCCC(C)(CC#CC(O[Si](C)(C)C)(C(F)(F)F)C(F)(F)F)[C@H]1CCC2C(=O)CCC[C@@]21C)(O[Si](C)(C)C)C([2H])([2H])[2H].[2H]C([2H])([2H])C(O)(CCCC(C)(CC#CC(O)(C(F)(F)F)C(F)(F)F)[C@H]1CCC2C(=O)CCC[C@@]21C)C([2H])([2H])[2H]. The summed E-state index contributed by atoms with van der Waals surface area (Å²) in [7, 11) is -6.25. The second-order valence-electron chi connectivity index (χ2n) is 24.5. The van der Waals surface area contributed by atoms with Gasteiger partial charge in [0.15, 0.2) is 16.6 Å². The minimum atomic E-state index is -6.13. The summed E-state index contributed by atoms with van der Waals surface area (Å²) in [5, 5.41) is 20.1. The lowest BCUT2D eigenvalue weighted by Crippen LogP contribution is -2.61. The molecule has 8 atom stereocenters. The number of hydrogen-bond donors (Lipinski definition) is 2. The van der Waals surface area contributed by atoms with Gasteiger partial charge >= 0.3 is 35.9 Å². The standard InChI is InChI=1S/C30H50F6O3Si2.C24H34F6O3/c1-25(2,38-40(5,6)7)17-12-18-26(3,24-16-15-22-23(37)14-11-20-27(22,24)4)19-13-21-28(29(31,32)33,30(34,35)36)39-41(8,9)10;1-19(2,32)11-6-12-20(3,13-7-15-22(33,23(25,26)27)24(28,29)30)18-10-9-16-17(31)8-5-14-21(16,18)4/h22,24H,11-12,14-20H2,1-10H3;16,18,32-33H,5-6,8-14H2,1-4H3/t22?,24-,26?,27+;16?,18-,20?,21+/m11/s1/i2*1D3,2D3. The fourth-order valence-electron chi connectivity index (χ4n) is 12.9. The van der Waals surface area contributed by atoms with Crippen molar-refractivity contribution in [2.24, 2.45) is 45.3 Å². The molecule has 0 aliphatic heterocycles. The molecule has 4 rings (SSSR count). The molecule has 0 amide bonds. The fourth-order valence-corrected chi connectivity index (χ4v) is 15.3. The number of carbonyl (C=O) groups is 2. The van der Waals surface area contributed by atoms with Crippen LogP contribution in [0.3, 0.4) is 0 Å². The summed E-state index contributed by atoms with van der Waals surface area (Å²) >= 11 is 0. The van der Waals surface area contributed by atoms with E-state index in [1.807, 2.05) is 19.8 Å². The molecule has 0 radical (unpaired) electrons. The molecule has 0 aromatic heterocycles. The van der Waals surface area contributed by atoms with Crippen molar-refractivity contribution in [2.45, 2.75) is 257 Å². The molecule has 0 heterocycles. The van der Waals surface area contributed by atoms with Gasteiger partial charge in [-0.1, -0.05) is 52.4 Å². The number of carbonyl (C=O) groups excluding carboxylic acids is 2. The van der Waals surface area contributed by atoms with Crippen molar-refractivity contribution in [1.29, 1.82) is 0 Å². The minimum absolute atomic E-state index is 0.0161. The molecular formula is C54H84F12O6Si2. The Morgan fingerprint density at radius 1 is 0.581 bits per heavy atom. The molecule has 20 heteroatoms. The first-order chi connectivity index (χ1) is 38.0. The highest BCUT2D eigenvalue weighted by molar-refractivity contribution is 6.70. The highest BCUT2D eigenvalue weighted by atomic mass is 28.4. The number of aliphatic hydroxyl groups is 2. The van der Waals surface area contributed by atoms with Gasteiger partial charge in [-0.2, -0.15) is 52.7 Å². The molecular weight excluding hydrogens is 1030 g/mol. The van der Waals surface area contributed by atoms with Crippen molar-refractivity contribution in [2.75, 3.05) is 0 Å². The number of rotatable bonds is 16. The molecule has 0 saturated heterocycles. The van der Waals surface area contributed by atoms with Crippen LogP contribution in [0.4, 0.5) is 52.7 Å². The molecule has 74 heavy (non-hydrogen) atoms. The van der Waals surface area contributed by atoms with E-state index in [9.17, 15) is 72.5 Å². The minimum Gasteiger partial charge on any atom is -0.413 e. The van der Waals surface area contributed by atoms with E-state index in [0.717, 1.165) is 5.92 Å². The lowest BCUT2D eigenvalue weighted by molar-refractivity contribution is -0.343. The van der Waals surface area contributed by atoms with Crippen molar-refractivity contribution in [3.63, 3.8) is 0 Å². The van der Waals surface area contributed by atoms with E-state index in [1.54, 1.807) is 33.5 Å². The summed E-state index contributed by atoms with van der Waals surface area (Å²) in [5.74, 6) is 5.13. The van der Waals surface area contributed by atoms with E-state index in [1.165, 1.54) is 25.6 Å². The molecule has 4 aliphatic carbocycles. The molecule has 4 fully saturated rings. The van der Waals surface area contributed by atoms with Gasteiger partial charge in [0.2, 0.25) is 0 Å². The quantitative estimate of drug-likeness (QED) is 0.0909. The number of alkyl halides is 12.